The summed E-state index contributed by atoms with van der Waals surface area (Å²) in [6.45, 7) is 6.56. The number of hydrogen-bond donors (Lipinski definition) is 1. The summed E-state index contributed by atoms with van der Waals surface area (Å²) in [5.41, 5.74) is 3.93. The fraction of sp³-hybridized carbons (Fsp3) is 0.438. The molecule has 0 saturated heterocycles. The van der Waals surface area contributed by atoms with E-state index in [9.17, 15) is 0 Å². The summed E-state index contributed by atoms with van der Waals surface area (Å²) >= 11 is 0. The van der Waals surface area contributed by atoms with Gasteiger partial charge in [-0.05, 0) is 31.4 Å². The zero-order valence-corrected chi connectivity index (χ0v) is 12.2. The third-order valence-electron chi connectivity index (χ3n) is 3.61. The minimum atomic E-state index is 0.301. The maximum absolute atomic E-state index is 4.22. The summed E-state index contributed by atoms with van der Waals surface area (Å²) in [6, 6.07) is 9.49. The summed E-state index contributed by atoms with van der Waals surface area (Å²) < 4.78 is 1.84. The normalized spacial score (nSPS) is 14.3. The van der Waals surface area contributed by atoms with Crippen molar-refractivity contribution in [3.05, 3.63) is 53.3 Å². The van der Waals surface area contributed by atoms with Crippen LogP contribution in [-0.4, -0.2) is 9.78 Å². The van der Waals surface area contributed by atoms with Gasteiger partial charge in [0.2, 0.25) is 0 Å². The van der Waals surface area contributed by atoms with E-state index in [0.29, 0.717) is 12.1 Å². The van der Waals surface area contributed by atoms with Gasteiger partial charge in [0, 0.05) is 30.9 Å². The first-order valence-electron chi connectivity index (χ1n) is 6.93. The van der Waals surface area contributed by atoms with Crippen molar-refractivity contribution in [2.75, 3.05) is 0 Å². The van der Waals surface area contributed by atoms with Crippen molar-refractivity contribution in [2.45, 2.75) is 39.3 Å². The molecule has 0 fully saturated rings. The lowest BCUT2D eigenvalue weighted by molar-refractivity contribution is 0.494. The Kier molecular flexibility index (Phi) is 4.38. The van der Waals surface area contributed by atoms with Gasteiger partial charge in [-0.3, -0.25) is 4.68 Å². The van der Waals surface area contributed by atoms with Gasteiger partial charge < -0.3 is 5.32 Å². The Hall–Kier alpha value is -1.61. The van der Waals surface area contributed by atoms with Crippen molar-refractivity contribution in [2.24, 2.45) is 7.05 Å². The predicted octanol–water partition coefficient (Wildman–Crippen LogP) is 3.39. The van der Waals surface area contributed by atoms with E-state index in [4.69, 9.17) is 0 Å². The van der Waals surface area contributed by atoms with E-state index in [-0.39, 0.29) is 0 Å². The van der Waals surface area contributed by atoms with Crippen LogP contribution in [0.3, 0.4) is 0 Å². The molecule has 0 aliphatic heterocycles. The molecular weight excluding hydrogens is 234 g/mol. The van der Waals surface area contributed by atoms with Gasteiger partial charge in [0.1, 0.15) is 0 Å². The molecule has 1 heterocycles. The second kappa shape index (κ2) is 6.02. The van der Waals surface area contributed by atoms with Crippen LogP contribution in [0.1, 0.15) is 49.5 Å². The molecule has 0 amide bonds. The number of nitrogens with zero attached hydrogens (tertiary/aromatic N) is 2. The largest absolute Gasteiger partial charge is 0.304 e. The van der Waals surface area contributed by atoms with Crippen LogP contribution >= 0.6 is 0 Å². The molecule has 1 aromatic heterocycles. The first-order chi connectivity index (χ1) is 9.10. The van der Waals surface area contributed by atoms with E-state index in [2.05, 4.69) is 61.6 Å². The van der Waals surface area contributed by atoms with Gasteiger partial charge in [-0.2, -0.15) is 5.10 Å². The molecule has 3 nitrogen and oxygen atoms in total. The minimum absolute atomic E-state index is 0.301. The fourth-order valence-corrected chi connectivity index (χ4v) is 2.27. The fourth-order valence-electron chi connectivity index (χ4n) is 2.27. The SMILES string of the molecule is CCc1ccc(C(C)NC(C)c2cnn(C)c2)cc1. The molecular formula is C16H23N3. The molecule has 2 atom stereocenters. The molecule has 0 bridgehead atoms. The predicted molar refractivity (Wildman–Crippen MR) is 79.0 cm³/mol. The summed E-state index contributed by atoms with van der Waals surface area (Å²) in [5, 5.41) is 7.83. The zero-order valence-electron chi connectivity index (χ0n) is 12.2. The van der Waals surface area contributed by atoms with Crippen molar-refractivity contribution in [1.29, 1.82) is 0 Å². The van der Waals surface area contributed by atoms with Crippen molar-refractivity contribution in [1.82, 2.24) is 15.1 Å². The lowest BCUT2D eigenvalue weighted by Gasteiger charge is -2.19. The lowest BCUT2D eigenvalue weighted by Crippen LogP contribution is -2.22. The molecule has 2 rings (SSSR count). The van der Waals surface area contributed by atoms with Gasteiger partial charge in [-0.1, -0.05) is 31.2 Å². The molecule has 0 saturated carbocycles. The molecule has 1 aromatic carbocycles. The highest BCUT2D eigenvalue weighted by molar-refractivity contribution is 5.25. The molecule has 0 radical (unpaired) electrons. The Labute approximate surface area is 115 Å². The summed E-state index contributed by atoms with van der Waals surface area (Å²) in [4.78, 5) is 0. The first-order valence-corrected chi connectivity index (χ1v) is 6.93. The van der Waals surface area contributed by atoms with Crippen LogP contribution < -0.4 is 5.32 Å². The Morgan fingerprint density at radius 1 is 1.11 bits per heavy atom. The minimum Gasteiger partial charge on any atom is -0.304 e. The molecule has 2 unspecified atom stereocenters. The number of rotatable bonds is 5. The van der Waals surface area contributed by atoms with Crippen molar-refractivity contribution in [3.8, 4) is 0 Å². The van der Waals surface area contributed by atoms with E-state index in [1.54, 1.807) is 0 Å². The highest BCUT2D eigenvalue weighted by Crippen LogP contribution is 2.19. The van der Waals surface area contributed by atoms with E-state index >= 15 is 0 Å². The van der Waals surface area contributed by atoms with E-state index in [0.717, 1.165) is 6.42 Å². The van der Waals surface area contributed by atoms with Crippen molar-refractivity contribution >= 4 is 0 Å². The zero-order chi connectivity index (χ0) is 13.8. The molecule has 3 heteroatoms. The summed E-state index contributed by atoms with van der Waals surface area (Å²) in [6.07, 6.45) is 5.07. The monoisotopic (exact) mass is 257 g/mol. The van der Waals surface area contributed by atoms with Gasteiger partial charge in [0.05, 0.1) is 6.20 Å². The Bertz CT molecular complexity index is 513. The topological polar surface area (TPSA) is 29.9 Å². The number of aromatic nitrogens is 2. The van der Waals surface area contributed by atoms with E-state index in [1.807, 2.05) is 17.9 Å². The Morgan fingerprint density at radius 3 is 2.26 bits per heavy atom. The lowest BCUT2D eigenvalue weighted by atomic mass is 10.0. The second-order valence-electron chi connectivity index (χ2n) is 5.15. The highest BCUT2D eigenvalue weighted by Gasteiger charge is 2.12. The third kappa shape index (κ3) is 3.44. The van der Waals surface area contributed by atoms with Crippen LogP contribution in [0.4, 0.5) is 0 Å². The quantitative estimate of drug-likeness (QED) is 0.889. The standard InChI is InChI=1S/C16H23N3/c1-5-14-6-8-15(9-7-14)12(2)18-13(3)16-10-17-19(4)11-16/h6-13,18H,5H2,1-4H3. The van der Waals surface area contributed by atoms with Crippen LogP contribution in [0.25, 0.3) is 0 Å². The Morgan fingerprint density at radius 2 is 1.74 bits per heavy atom. The van der Waals surface area contributed by atoms with Crippen LogP contribution in [-0.2, 0) is 13.5 Å². The molecule has 0 aliphatic rings. The van der Waals surface area contributed by atoms with Gasteiger partial charge in [-0.25, -0.2) is 0 Å². The van der Waals surface area contributed by atoms with Crippen LogP contribution in [0.2, 0.25) is 0 Å². The maximum Gasteiger partial charge on any atom is 0.0537 e. The molecule has 1 N–H and O–H groups in total. The van der Waals surface area contributed by atoms with Gasteiger partial charge in [0.15, 0.2) is 0 Å². The average molecular weight is 257 g/mol. The van der Waals surface area contributed by atoms with Crippen LogP contribution in [0, 0.1) is 0 Å². The van der Waals surface area contributed by atoms with E-state index < -0.39 is 0 Å². The molecule has 0 aliphatic carbocycles. The number of nitrogens with one attached hydrogen (secondary N) is 1. The van der Waals surface area contributed by atoms with E-state index in [1.165, 1.54) is 16.7 Å². The highest BCUT2D eigenvalue weighted by atomic mass is 15.2. The summed E-state index contributed by atoms with van der Waals surface area (Å²) in [7, 11) is 1.95. The average Bonchev–Trinajstić information content (AvgIpc) is 2.85. The van der Waals surface area contributed by atoms with Gasteiger partial charge in [0.25, 0.3) is 0 Å². The Balaban J connectivity index is 2.01. The van der Waals surface area contributed by atoms with Crippen molar-refractivity contribution < 1.29 is 0 Å². The first kappa shape index (κ1) is 13.8. The third-order valence-corrected chi connectivity index (χ3v) is 3.61. The second-order valence-corrected chi connectivity index (χ2v) is 5.15. The smallest absolute Gasteiger partial charge is 0.0537 e. The van der Waals surface area contributed by atoms with Crippen LogP contribution in [0.5, 0.6) is 0 Å². The summed E-state index contributed by atoms with van der Waals surface area (Å²) in [5.74, 6) is 0. The number of hydrogen-bond acceptors (Lipinski definition) is 2. The number of benzene rings is 1. The van der Waals surface area contributed by atoms with Crippen LogP contribution in [0.15, 0.2) is 36.7 Å². The van der Waals surface area contributed by atoms with Gasteiger partial charge in [-0.15, -0.1) is 0 Å². The maximum atomic E-state index is 4.22. The molecule has 2 aromatic rings. The molecule has 0 spiro atoms. The molecule has 102 valence electrons. The molecule has 19 heavy (non-hydrogen) atoms. The van der Waals surface area contributed by atoms with Gasteiger partial charge >= 0.3 is 0 Å². The van der Waals surface area contributed by atoms with Crippen molar-refractivity contribution in [3.63, 3.8) is 0 Å². The number of aryl methyl sites for hydroxylation is 2.